The van der Waals surface area contributed by atoms with Crippen LogP contribution in [0.15, 0.2) is 0 Å². The first-order chi connectivity index (χ1) is 2.41. The normalized spacial score (nSPS) is 5.20. The van der Waals surface area contributed by atoms with E-state index in [-0.39, 0.29) is 15.1 Å². The first-order valence-electron chi connectivity index (χ1n) is 0.450. The van der Waals surface area contributed by atoms with Gasteiger partial charge in [-0.1, -0.05) is 0 Å². The first-order valence-corrected chi connectivity index (χ1v) is 4.93. The fourth-order valence-electron chi connectivity index (χ4n) is 0. The summed E-state index contributed by atoms with van der Waals surface area (Å²) in [6.45, 7) is 0. The standard InChI is InChI=1S/2ClH.NO.Ru/c;;1-2;/h2*1H;;/q;;-1;+2/p-2. The second-order valence-corrected chi connectivity index (χ2v) is 2.69. The Bertz CT molecular complexity index is 13.6. The third-order valence-electron chi connectivity index (χ3n) is 0. The Hall–Kier alpha value is 0.803. The van der Waals surface area contributed by atoms with Gasteiger partial charge in [-0.05, 0) is 0 Å². The molecule has 0 unspecified atom stereocenters. The third kappa shape index (κ3) is 58.5. The van der Waals surface area contributed by atoms with Gasteiger partial charge in [0.1, 0.15) is 0 Å². The van der Waals surface area contributed by atoms with Crippen LogP contribution in [0.25, 0.3) is 5.59 Å². The van der Waals surface area contributed by atoms with Crippen LogP contribution in [0.2, 0.25) is 0 Å². The van der Waals surface area contributed by atoms with Crippen LogP contribution in [0.1, 0.15) is 0 Å². The zero-order valence-corrected chi connectivity index (χ0v) is 5.21. The third-order valence-corrected chi connectivity index (χ3v) is 0. The van der Waals surface area contributed by atoms with Crippen LogP contribution in [-0.4, -0.2) is 0 Å². The average molecular weight is 202 g/mol. The Balaban J connectivity index is 0. The Kier molecular flexibility index (Phi) is 39.6. The van der Waals surface area contributed by atoms with Crippen molar-refractivity contribution in [1.82, 2.24) is 0 Å². The van der Waals surface area contributed by atoms with E-state index in [0.717, 1.165) is 0 Å². The van der Waals surface area contributed by atoms with E-state index in [1.54, 1.807) is 0 Å². The van der Waals surface area contributed by atoms with Gasteiger partial charge in [0.15, 0.2) is 0 Å². The van der Waals surface area contributed by atoms with E-state index in [2.05, 4.69) is 0 Å². The molecule has 2 nitrogen and oxygen atoms in total. The molecule has 5 heteroatoms. The summed E-state index contributed by atoms with van der Waals surface area (Å²) in [5.74, 6) is 0. The number of hydrogen-bond acceptors (Lipinski definition) is 1. The van der Waals surface area contributed by atoms with Gasteiger partial charge in [-0.3, -0.25) is 0 Å². The summed E-state index contributed by atoms with van der Waals surface area (Å²) in [5, 5.41) is 0. The fraction of sp³-hybridized carbons (Fsp3) is 0. The van der Waals surface area contributed by atoms with Crippen molar-refractivity contribution in [3.8, 4) is 0 Å². The molecule has 0 aliphatic carbocycles. The number of halogens is 2. The van der Waals surface area contributed by atoms with Crippen LogP contribution < -0.4 is 0 Å². The summed E-state index contributed by atoms with van der Waals surface area (Å²) in [6, 6.07) is 0. The van der Waals surface area contributed by atoms with Gasteiger partial charge in [0.25, 0.3) is 0 Å². The minimum atomic E-state index is -0.346. The summed E-state index contributed by atoms with van der Waals surface area (Å²) in [6.07, 6.45) is 0. The average Bonchev–Trinajstić information content (AvgIpc) is 1.46. The minimum Gasteiger partial charge on any atom is -0.577 e. The molecule has 0 heterocycles. The zero-order chi connectivity index (χ0) is 4.71. The summed E-state index contributed by atoms with van der Waals surface area (Å²) in [7, 11) is 9.71. The van der Waals surface area contributed by atoms with Crippen molar-refractivity contribution in [2.75, 3.05) is 0 Å². The van der Waals surface area contributed by atoms with Gasteiger partial charge in [-0.25, -0.2) is 0 Å². The molecule has 34 valence electrons. The maximum atomic E-state index is 7.25. The van der Waals surface area contributed by atoms with Gasteiger partial charge in [0.2, 0.25) is 0 Å². The molecule has 0 bridgehead atoms. The van der Waals surface area contributed by atoms with Crippen molar-refractivity contribution in [1.29, 1.82) is 0 Å². The predicted octanol–water partition coefficient (Wildman–Crippen LogP) is 1.70. The van der Waals surface area contributed by atoms with Crippen LogP contribution in [-0.2, 0) is 15.1 Å². The van der Waals surface area contributed by atoms with Crippen molar-refractivity contribution in [2.45, 2.75) is 0 Å². The molecule has 0 aliphatic heterocycles. The summed E-state index contributed by atoms with van der Waals surface area (Å²) in [5.41, 5.74) is 5.75. The van der Waals surface area contributed by atoms with E-state index >= 15 is 0 Å². The molecule has 0 N–H and O–H groups in total. The molecule has 0 amide bonds. The predicted molar refractivity (Wildman–Crippen MR) is 18.4 cm³/mol. The number of nitroso groups, excluding NO2 is 1. The summed E-state index contributed by atoms with van der Waals surface area (Å²) < 4.78 is 0. The van der Waals surface area contributed by atoms with E-state index in [1.807, 2.05) is 0 Å². The van der Waals surface area contributed by atoms with E-state index < -0.39 is 0 Å². The Morgan fingerprint density at radius 1 is 1.40 bits per heavy atom. The summed E-state index contributed by atoms with van der Waals surface area (Å²) >= 11 is -0.346. The van der Waals surface area contributed by atoms with Crippen molar-refractivity contribution >= 4 is 19.4 Å². The Morgan fingerprint density at radius 3 is 1.40 bits per heavy atom. The molecule has 0 aromatic heterocycles. The molecule has 0 aromatic carbocycles. The molecule has 0 fully saturated rings. The van der Waals surface area contributed by atoms with E-state index in [9.17, 15) is 0 Å². The molecule has 0 aromatic rings. The smallest absolute Gasteiger partial charge is 0.423 e. The summed E-state index contributed by atoms with van der Waals surface area (Å²) in [4.78, 5) is 7.25. The molecule has 0 radical (unpaired) electrons. The van der Waals surface area contributed by atoms with E-state index in [4.69, 9.17) is 29.9 Å². The van der Waals surface area contributed by atoms with Gasteiger partial charge in [0, 0.05) is 0 Å². The van der Waals surface area contributed by atoms with Crippen molar-refractivity contribution in [2.24, 2.45) is 0 Å². The van der Waals surface area contributed by atoms with Crippen LogP contribution in [0.5, 0.6) is 0 Å². The van der Waals surface area contributed by atoms with Crippen LogP contribution in [0.4, 0.5) is 0 Å². The van der Waals surface area contributed by atoms with E-state index in [0.29, 0.717) is 0 Å². The zero-order valence-electron chi connectivity index (χ0n) is 1.96. The van der Waals surface area contributed by atoms with Crippen molar-refractivity contribution in [3.05, 3.63) is 10.5 Å². The first kappa shape index (κ1) is 9.26. The van der Waals surface area contributed by atoms with Gasteiger partial charge >= 0.3 is 34.5 Å². The van der Waals surface area contributed by atoms with E-state index in [1.165, 1.54) is 0 Å². The molecule has 0 saturated heterocycles. The van der Waals surface area contributed by atoms with Crippen LogP contribution in [0, 0.1) is 4.91 Å². The second kappa shape index (κ2) is 21.4. The van der Waals surface area contributed by atoms with Crippen molar-refractivity contribution in [3.63, 3.8) is 0 Å². The number of rotatable bonds is 0. The quantitative estimate of drug-likeness (QED) is 0.551. The maximum Gasteiger partial charge on any atom is -0.423 e. The Labute approximate surface area is 45.3 Å². The maximum absolute atomic E-state index is 7.25. The van der Waals surface area contributed by atoms with Gasteiger partial charge in [-0.2, -0.15) is 0 Å². The molecule has 0 saturated carbocycles. The molecular formula is Cl2NORu-. The van der Waals surface area contributed by atoms with Crippen LogP contribution in [0.3, 0.4) is 0 Å². The topological polar surface area (TPSA) is 39.4 Å². The van der Waals surface area contributed by atoms with Gasteiger partial charge < -0.3 is 10.5 Å². The van der Waals surface area contributed by atoms with Gasteiger partial charge in [0.05, 0.1) is 0 Å². The molecular weight excluding hydrogens is 202 g/mol. The second-order valence-electron chi connectivity index (χ2n) is 0.0505. The molecule has 0 aliphatic rings. The SMILES string of the molecule is [Cl][Ru][Cl].[N-]=O. The largest absolute Gasteiger partial charge is 0.577 e. The Morgan fingerprint density at radius 2 is 1.40 bits per heavy atom. The number of hydrogen-bond donors (Lipinski definition) is 0. The molecule has 0 rings (SSSR count). The van der Waals surface area contributed by atoms with Crippen LogP contribution >= 0.6 is 19.4 Å². The molecule has 5 heavy (non-hydrogen) atoms. The molecule has 0 atom stereocenters. The fourth-order valence-corrected chi connectivity index (χ4v) is 0. The monoisotopic (exact) mass is 202 g/mol. The van der Waals surface area contributed by atoms with Crippen molar-refractivity contribution < 1.29 is 15.1 Å². The minimum absolute atomic E-state index is 0.346. The number of nitrogens with zero attached hydrogens (tertiary/aromatic N) is 1. The van der Waals surface area contributed by atoms with Gasteiger partial charge in [-0.15, -0.1) is 0 Å². The molecule has 0 spiro atoms.